The fourth-order valence-electron chi connectivity index (χ4n) is 4.87. The smallest absolute Gasteiger partial charge is 0.122 e. The average molecular weight is 337 g/mol. The van der Waals surface area contributed by atoms with Crippen molar-refractivity contribution in [1.29, 1.82) is 0 Å². The zero-order chi connectivity index (χ0) is 18.5. The van der Waals surface area contributed by atoms with Gasteiger partial charge in [0.05, 0.1) is 0 Å². The van der Waals surface area contributed by atoms with Crippen LogP contribution in [0.25, 0.3) is 0 Å². The van der Waals surface area contributed by atoms with Crippen molar-refractivity contribution < 1.29 is 6.52 Å². The van der Waals surface area contributed by atoms with Gasteiger partial charge in [0.15, 0.2) is 0 Å². The zero-order valence-corrected chi connectivity index (χ0v) is 15.6. The summed E-state index contributed by atoms with van der Waals surface area (Å²) in [6, 6.07) is 10.9. The molecule has 25 heavy (non-hydrogen) atoms. The summed E-state index contributed by atoms with van der Waals surface area (Å²) in [5, 5.41) is 13.9. The third kappa shape index (κ3) is 2.63. The molecule has 0 spiro atoms. The Bertz CT molecular complexity index is 838. The molecule has 2 aromatic carbocycles. The SMILES string of the molecule is [3H]N1CCC(C2(O)c3ccc(C)cc3CCc3c2ccc(C)c3C)CC1. The molecule has 1 aliphatic carbocycles. The predicted octanol–water partition coefficient (Wildman–Crippen LogP) is 3.95. The summed E-state index contributed by atoms with van der Waals surface area (Å²) < 4.78 is 7.91. The number of benzene rings is 2. The molecular formula is C23H29NO. The first-order valence-corrected chi connectivity index (χ1v) is 9.57. The van der Waals surface area contributed by atoms with E-state index in [9.17, 15) is 5.11 Å². The molecule has 2 N–H and O–H groups in total. The predicted molar refractivity (Wildman–Crippen MR) is 103 cm³/mol. The van der Waals surface area contributed by atoms with Crippen molar-refractivity contribution in [2.45, 2.75) is 52.1 Å². The first-order valence-electron chi connectivity index (χ1n) is 10.0. The molecule has 0 saturated carbocycles. The highest BCUT2D eigenvalue weighted by molar-refractivity contribution is 5.52. The highest BCUT2D eigenvalue weighted by atomic mass is 16.3. The summed E-state index contributed by atoms with van der Waals surface area (Å²) in [4.78, 5) is 0. The lowest BCUT2D eigenvalue weighted by atomic mass is 9.70. The monoisotopic (exact) mass is 337 g/mol. The maximum Gasteiger partial charge on any atom is 0.122 e. The lowest BCUT2D eigenvalue weighted by Gasteiger charge is -2.41. The molecule has 1 heterocycles. The lowest BCUT2D eigenvalue weighted by molar-refractivity contribution is 0.00178. The summed E-state index contributed by atoms with van der Waals surface area (Å²) in [7, 11) is 0. The van der Waals surface area contributed by atoms with Crippen molar-refractivity contribution in [3.63, 3.8) is 0 Å². The fourth-order valence-corrected chi connectivity index (χ4v) is 4.87. The summed E-state index contributed by atoms with van der Waals surface area (Å²) in [5.41, 5.74) is 7.74. The largest absolute Gasteiger partial charge is 0.380 e. The van der Waals surface area contributed by atoms with Crippen LogP contribution in [-0.2, 0) is 18.4 Å². The molecule has 4 rings (SSSR count). The Balaban J connectivity index is 1.94. The molecule has 1 unspecified atom stereocenters. The Labute approximate surface area is 152 Å². The third-order valence-corrected chi connectivity index (χ3v) is 6.46. The quantitative estimate of drug-likeness (QED) is 0.826. The normalized spacial score (nSPS) is 25.0. The maximum absolute atomic E-state index is 12.3. The van der Waals surface area contributed by atoms with Crippen LogP contribution in [0, 0.1) is 26.7 Å². The minimum absolute atomic E-state index is 0.157. The van der Waals surface area contributed by atoms with Crippen LogP contribution in [0.1, 0.15) is 51.8 Å². The Morgan fingerprint density at radius 2 is 1.76 bits per heavy atom. The zero-order valence-electron chi connectivity index (χ0n) is 16.6. The van der Waals surface area contributed by atoms with Crippen LogP contribution in [0.3, 0.4) is 0 Å². The standard InChI is InChI=1S/C23H29NO/c1-15-4-8-21-18(14-15)6-7-20-17(3)16(2)5-9-22(20)23(21,25)19-10-12-24-13-11-19/h4-5,8-9,14,19,24-25H,6-7,10-13H2,1-3H3/i/hT. The van der Waals surface area contributed by atoms with E-state index < -0.39 is 5.60 Å². The van der Waals surface area contributed by atoms with Gasteiger partial charge in [0.2, 0.25) is 0 Å². The van der Waals surface area contributed by atoms with Crippen molar-refractivity contribution in [3.8, 4) is 0 Å². The van der Waals surface area contributed by atoms with E-state index in [0.29, 0.717) is 0 Å². The van der Waals surface area contributed by atoms with Crippen LogP contribution in [0.4, 0.5) is 0 Å². The van der Waals surface area contributed by atoms with Crippen LogP contribution in [0.15, 0.2) is 30.3 Å². The van der Waals surface area contributed by atoms with Gasteiger partial charge in [-0.05, 0) is 98.8 Å². The molecule has 2 nitrogen and oxygen atoms in total. The van der Waals surface area contributed by atoms with Gasteiger partial charge in [-0.3, -0.25) is 0 Å². The molecule has 0 amide bonds. The third-order valence-electron chi connectivity index (χ3n) is 6.46. The van der Waals surface area contributed by atoms with Gasteiger partial charge >= 0.3 is 0 Å². The first kappa shape index (κ1) is 15.6. The van der Waals surface area contributed by atoms with E-state index in [2.05, 4.69) is 51.1 Å². The van der Waals surface area contributed by atoms with E-state index in [1.165, 1.54) is 27.8 Å². The molecule has 1 saturated heterocycles. The summed E-state index contributed by atoms with van der Waals surface area (Å²) >= 11 is 0. The number of fused-ring (bicyclic) bond motifs is 2. The van der Waals surface area contributed by atoms with Gasteiger partial charge in [-0.25, -0.2) is 0 Å². The molecular weight excluding hydrogens is 306 g/mol. The number of hydrogen-bond acceptors (Lipinski definition) is 2. The van der Waals surface area contributed by atoms with Gasteiger partial charge in [-0.15, -0.1) is 0 Å². The van der Waals surface area contributed by atoms with E-state index in [1.807, 2.05) is 0 Å². The van der Waals surface area contributed by atoms with Crippen molar-refractivity contribution in [2.75, 3.05) is 13.1 Å². The highest BCUT2D eigenvalue weighted by Crippen LogP contribution is 2.46. The van der Waals surface area contributed by atoms with Crippen LogP contribution < -0.4 is 5.31 Å². The van der Waals surface area contributed by atoms with Gasteiger partial charge in [0.25, 0.3) is 0 Å². The molecule has 0 aromatic heterocycles. The number of rotatable bonds is 1. The van der Waals surface area contributed by atoms with E-state index in [-0.39, 0.29) is 5.92 Å². The van der Waals surface area contributed by atoms with Crippen molar-refractivity contribution in [3.05, 3.63) is 69.3 Å². The lowest BCUT2D eigenvalue weighted by Crippen LogP contribution is -2.43. The van der Waals surface area contributed by atoms with Gasteiger partial charge in [0, 0.05) is 0 Å². The highest BCUT2D eigenvalue weighted by Gasteiger charge is 2.44. The second kappa shape index (κ2) is 6.26. The van der Waals surface area contributed by atoms with Crippen LogP contribution in [0.5, 0.6) is 0 Å². The van der Waals surface area contributed by atoms with Crippen molar-refractivity contribution >= 4 is 0 Å². The Hall–Kier alpha value is -1.64. The van der Waals surface area contributed by atoms with E-state index >= 15 is 0 Å². The van der Waals surface area contributed by atoms with Crippen LogP contribution in [0.2, 0.25) is 1.41 Å². The van der Waals surface area contributed by atoms with E-state index in [1.54, 1.807) is 5.31 Å². The van der Waals surface area contributed by atoms with Crippen LogP contribution >= 0.6 is 0 Å². The number of aliphatic hydroxyl groups is 1. The van der Waals surface area contributed by atoms with Gasteiger partial charge < -0.3 is 10.4 Å². The summed E-state index contributed by atoms with van der Waals surface area (Å²) in [6.07, 6.45) is 3.69. The van der Waals surface area contributed by atoms with E-state index in [4.69, 9.17) is 1.41 Å². The molecule has 1 aliphatic heterocycles. The Kier molecular flexibility index (Phi) is 3.91. The Morgan fingerprint density at radius 1 is 1.04 bits per heavy atom. The minimum atomic E-state index is -0.950. The molecule has 1 fully saturated rings. The minimum Gasteiger partial charge on any atom is -0.380 e. The number of nitrogens with one attached hydrogen (secondary N) is 1. The topological polar surface area (TPSA) is 32.3 Å². The summed E-state index contributed by atoms with van der Waals surface area (Å²) in [6.45, 7) is 7.95. The second-order valence-electron chi connectivity index (χ2n) is 7.91. The van der Waals surface area contributed by atoms with E-state index in [0.717, 1.165) is 49.9 Å². The molecule has 132 valence electrons. The average Bonchev–Trinajstić information content (AvgIpc) is 2.74. The van der Waals surface area contributed by atoms with Gasteiger partial charge in [-0.2, -0.15) is 0 Å². The van der Waals surface area contributed by atoms with Crippen molar-refractivity contribution in [1.82, 2.24) is 5.31 Å². The fraction of sp³-hybridized carbons (Fsp3) is 0.478. The molecule has 1 atom stereocenters. The summed E-state index contributed by atoms with van der Waals surface area (Å²) in [5.74, 6) is 0.157. The van der Waals surface area contributed by atoms with Gasteiger partial charge in [-0.1, -0.05) is 35.9 Å². The molecule has 2 aromatic rings. The number of aryl methyl sites for hydroxylation is 3. The number of piperidine rings is 1. The Morgan fingerprint density at radius 3 is 2.52 bits per heavy atom. The molecule has 2 heteroatoms. The van der Waals surface area contributed by atoms with Crippen molar-refractivity contribution in [2.24, 2.45) is 5.92 Å². The molecule has 2 aliphatic rings. The maximum atomic E-state index is 12.3. The van der Waals surface area contributed by atoms with Gasteiger partial charge in [0.1, 0.15) is 7.01 Å². The van der Waals surface area contributed by atoms with Crippen LogP contribution in [-0.4, -0.2) is 18.2 Å². The molecule has 0 bridgehead atoms. The molecule has 0 radical (unpaired) electrons. The first-order chi connectivity index (χ1) is 12.4. The second-order valence-corrected chi connectivity index (χ2v) is 7.91. The number of hydrogen-bond donors (Lipinski definition) is 2.